The summed E-state index contributed by atoms with van der Waals surface area (Å²) in [7, 11) is 0. The molecule has 0 unspecified atom stereocenters. The number of aromatic nitrogens is 4. The van der Waals surface area contributed by atoms with Gasteiger partial charge in [-0.2, -0.15) is 0 Å². The molecule has 3 heterocycles. The lowest BCUT2D eigenvalue weighted by Gasteiger charge is -2.31. The van der Waals surface area contributed by atoms with Crippen molar-refractivity contribution >= 4 is 16.7 Å². The molecule has 5 rings (SSSR count). The van der Waals surface area contributed by atoms with Gasteiger partial charge in [-0.15, -0.1) is 0 Å². The molecule has 162 valence electrons. The van der Waals surface area contributed by atoms with Gasteiger partial charge in [0.15, 0.2) is 0 Å². The lowest BCUT2D eigenvalue weighted by molar-refractivity contribution is 0.122. The zero-order chi connectivity index (χ0) is 21.0. The van der Waals surface area contributed by atoms with E-state index >= 15 is 0 Å². The summed E-state index contributed by atoms with van der Waals surface area (Å²) in [5.41, 5.74) is 5.04. The Hall–Kier alpha value is -2.80. The highest BCUT2D eigenvalue weighted by Gasteiger charge is 2.25. The van der Waals surface area contributed by atoms with Crippen molar-refractivity contribution < 1.29 is 9.47 Å². The van der Waals surface area contributed by atoms with Crippen LogP contribution in [0.1, 0.15) is 37.1 Å². The quantitative estimate of drug-likeness (QED) is 0.624. The minimum atomic E-state index is 0.212. The van der Waals surface area contributed by atoms with Crippen molar-refractivity contribution in [1.82, 2.24) is 19.9 Å². The highest BCUT2D eigenvalue weighted by atomic mass is 16.5. The van der Waals surface area contributed by atoms with Gasteiger partial charge in [0.2, 0.25) is 0 Å². The summed E-state index contributed by atoms with van der Waals surface area (Å²) in [4.78, 5) is 20.4. The summed E-state index contributed by atoms with van der Waals surface area (Å²) in [5.74, 6) is 1.49. The summed E-state index contributed by atoms with van der Waals surface area (Å²) in [5, 5.41) is 0. The fourth-order valence-electron chi connectivity index (χ4n) is 4.67. The molecule has 31 heavy (non-hydrogen) atoms. The third kappa shape index (κ3) is 4.61. The number of hydrogen-bond donors (Lipinski definition) is 0. The zero-order valence-corrected chi connectivity index (χ0v) is 18.0. The fourth-order valence-corrected chi connectivity index (χ4v) is 4.67. The molecule has 1 aliphatic heterocycles. The first kappa shape index (κ1) is 20.1. The van der Waals surface area contributed by atoms with Crippen molar-refractivity contribution in [2.24, 2.45) is 5.92 Å². The maximum absolute atomic E-state index is 6.53. The molecule has 3 aromatic rings. The van der Waals surface area contributed by atoms with Gasteiger partial charge in [0.05, 0.1) is 36.2 Å². The molecule has 0 N–H and O–H groups in total. The molecule has 1 saturated carbocycles. The summed E-state index contributed by atoms with van der Waals surface area (Å²) in [6.45, 7) is 5.33. The van der Waals surface area contributed by atoms with Crippen molar-refractivity contribution in [3.05, 3.63) is 48.3 Å². The molecule has 2 fully saturated rings. The van der Waals surface area contributed by atoms with E-state index in [4.69, 9.17) is 9.47 Å². The van der Waals surface area contributed by atoms with E-state index in [0.29, 0.717) is 5.92 Å². The van der Waals surface area contributed by atoms with E-state index in [9.17, 15) is 0 Å². The predicted molar refractivity (Wildman–Crippen MR) is 119 cm³/mol. The number of rotatable bonds is 5. The van der Waals surface area contributed by atoms with E-state index in [1.165, 1.54) is 0 Å². The normalized spacial score (nSPS) is 21.9. The van der Waals surface area contributed by atoms with Gasteiger partial charge in [0.25, 0.3) is 0 Å². The van der Waals surface area contributed by atoms with Gasteiger partial charge in [-0.05, 0) is 51.0 Å². The van der Waals surface area contributed by atoms with Gasteiger partial charge in [-0.3, -0.25) is 15.0 Å². The van der Waals surface area contributed by atoms with E-state index in [1.807, 2.05) is 6.92 Å². The molecule has 0 bridgehead atoms. The van der Waals surface area contributed by atoms with Crippen LogP contribution < -0.4 is 9.64 Å². The van der Waals surface area contributed by atoms with Gasteiger partial charge in [0.1, 0.15) is 11.3 Å². The van der Waals surface area contributed by atoms with Crippen LogP contribution in [0.4, 0.5) is 5.69 Å². The van der Waals surface area contributed by atoms with Crippen molar-refractivity contribution in [3.8, 4) is 5.75 Å². The molecule has 1 aliphatic carbocycles. The zero-order valence-electron chi connectivity index (χ0n) is 18.0. The van der Waals surface area contributed by atoms with E-state index in [0.717, 1.165) is 92.3 Å². The number of ether oxygens (including phenoxy) is 2. The fraction of sp³-hybridized carbons (Fsp3) is 0.500. The molecule has 2 aliphatic rings. The Bertz CT molecular complexity index is 1030. The highest BCUT2D eigenvalue weighted by molar-refractivity contribution is 5.85. The highest BCUT2D eigenvalue weighted by Crippen LogP contribution is 2.34. The van der Waals surface area contributed by atoms with Crippen LogP contribution >= 0.6 is 0 Å². The van der Waals surface area contributed by atoms with Gasteiger partial charge in [0, 0.05) is 49.6 Å². The number of benzene rings is 1. The van der Waals surface area contributed by atoms with Crippen LogP contribution in [-0.4, -0.2) is 52.3 Å². The Balaban J connectivity index is 1.28. The standard InChI is InChI=1S/C24H29N5O2/c1-17-21(26-7-6-25-17)14-18-2-4-20(5-3-18)31-23-16-19(29-10-12-30-13-11-29)15-22-24(23)28-9-8-27-22/h6-9,15-16,18,20H,2-5,10-14H2,1H3. The van der Waals surface area contributed by atoms with Gasteiger partial charge >= 0.3 is 0 Å². The van der Waals surface area contributed by atoms with E-state index in [-0.39, 0.29) is 6.10 Å². The molecule has 0 spiro atoms. The Morgan fingerprint density at radius 1 is 0.935 bits per heavy atom. The largest absolute Gasteiger partial charge is 0.488 e. The minimum absolute atomic E-state index is 0.212. The smallest absolute Gasteiger partial charge is 0.149 e. The Labute approximate surface area is 182 Å². The number of anilines is 1. The molecule has 1 aromatic carbocycles. The Morgan fingerprint density at radius 3 is 2.48 bits per heavy atom. The Morgan fingerprint density at radius 2 is 1.68 bits per heavy atom. The van der Waals surface area contributed by atoms with Crippen LogP contribution in [0.5, 0.6) is 5.75 Å². The van der Waals surface area contributed by atoms with Crippen LogP contribution in [0.15, 0.2) is 36.9 Å². The van der Waals surface area contributed by atoms with Crippen molar-refractivity contribution in [2.75, 3.05) is 31.2 Å². The molecule has 0 radical (unpaired) electrons. The van der Waals surface area contributed by atoms with Crippen LogP contribution in [0.25, 0.3) is 11.0 Å². The maximum Gasteiger partial charge on any atom is 0.149 e. The first-order valence-electron chi connectivity index (χ1n) is 11.3. The third-order valence-electron chi connectivity index (χ3n) is 6.45. The number of aryl methyl sites for hydroxylation is 1. The molecule has 7 heteroatoms. The molecule has 2 aromatic heterocycles. The molecular weight excluding hydrogens is 390 g/mol. The van der Waals surface area contributed by atoms with Crippen LogP contribution in [0.2, 0.25) is 0 Å². The Kier molecular flexibility index (Phi) is 5.93. The van der Waals surface area contributed by atoms with Crippen LogP contribution in [0.3, 0.4) is 0 Å². The average Bonchev–Trinajstić information content (AvgIpc) is 2.82. The van der Waals surface area contributed by atoms with Gasteiger partial charge in [-0.25, -0.2) is 4.98 Å². The predicted octanol–water partition coefficient (Wildman–Crippen LogP) is 3.75. The number of fused-ring (bicyclic) bond motifs is 1. The van der Waals surface area contributed by atoms with Gasteiger partial charge in [-0.1, -0.05) is 0 Å². The lowest BCUT2D eigenvalue weighted by Crippen LogP contribution is -2.36. The molecule has 1 saturated heterocycles. The first-order valence-corrected chi connectivity index (χ1v) is 11.3. The van der Waals surface area contributed by atoms with Crippen LogP contribution in [-0.2, 0) is 11.2 Å². The van der Waals surface area contributed by atoms with Crippen LogP contribution in [0, 0.1) is 12.8 Å². The van der Waals surface area contributed by atoms with Gasteiger partial charge < -0.3 is 14.4 Å². The SMILES string of the molecule is Cc1nccnc1CC1CCC(Oc2cc(N3CCOCC3)cc3nccnc23)CC1. The minimum Gasteiger partial charge on any atom is -0.488 e. The average molecular weight is 420 g/mol. The topological polar surface area (TPSA) is 73.3 Å². The molecule has 0 atom stereocenters. The molecule has 0 amide bonds. The molecular formula is C24H29N5O2. The number of hydrogen-bond acceptors (Lipinski definition) is 7. The lowest BCUT2D eigenvalue weighted by atomic mass is 9.84. The van der Waals surface area contributed by atoms with E-state index in [2.05, 4.69) is 37.0 Å². The summed E-state index contributed by atoms with van der Waals surface area (Å²) < 4.78 is 12.0. The van der Waals surface area contributed by atoms with E-state index in [1.54, 1.807) is 24.8 Å². The summed E-state index contributed by atoms with van der Waals surface area (Å²) >= 11 is 0. The molecule has 7 nitrogen and oxygen atoms in total. The van der Waals surface area contributed by atoms with Crippen molar-refractivity contribution in [3.63, 3.8) is 0 Å². The summed E-state index contributed by atoms with van der Waals surface area (Å²) in [6.07, 6.45) is 12.7. The maximum atomic E-state index is 6.53. The van der Waals surface area contributed by atoms with Crippen molar-refractivity contribution in [2.45, 2.75) is 45.1 Å². The van der Waals surface area contributed by atoms with E-state index < -0.39 is 0 Å². The second-order valence-electron chi connectivity index (χ2n) is 8.52. The monoisotopic (exact) mass is 419 g/mol. The first-order chi connectivity index (χ1) is 15.3. The second kappa shape index (κ2) is 9.14. The van der Waals surface area contributed by atoms with Crippen molar-refractivity contribution in [1.29, 1.82) is 0 Å². The number of nitrogens with zero attached hydrogens (tertiary/aromatic N) is 5. The summed E-state index contributed by atoms with van der Waals surface area (Å²) in [6, 6.07) is 4.25. The number of morpholine rings is 1. The second-order valence-corrected chi connectivity index (χ2v) is 8.52. The third-order valence-corrected chi connectivity index (χ3v) is 6.45.